The summed E-state index contributed by atoms with van der Waals surface area (Å²) < 4.78 is 2.19. The van der Waals surface area contributed by atoms with Gasteiger partial charge >= 0.3 is 0 Å². The van der Waals surface area contributed by atoms with E-state index in [2.05, 4.69) is 55.9 Å². The van der Waals surface area contributed by atoms with Gasteiger partial charge in [-0.05, 0) is 43.9 Å². The third kappa shape index (κ3) is 3.55. The van der Waals surface area contributed by atoms with E-state index < -0.39 is 0 Å². The average molecular weight is 291 g/mol. The Morgan fingerprint density at radius 1 is 1.30 bits per heavy atom. The minimum absolute atomic E-state index is 0.272. The standard InChI is InChI=1S/C16H25N3S/c1-5-20-11-10-12(2)17-13(3)16-18-14-8-6-7-9-15(14)19(16)4/h6-9,12-13,17H,5,10-11H2,1-4H3. The first-order chi connectivity index (χ1) is 9.63. The molecule has 20 heavy (non-hydrogen) atoms. The van der Waals surface area contributed by atoms with Crippen LogP contribution < -0.4 is 5.32 Å². The lowest BCUT2D eigenvalue weighted by atomic mass is 10.2. The van der Waals surface area contributed by atoms with Gasteiger partial charge in [-0.25, -0.2) is 4.98 Å². The Kier molecular flexibility index (Phi) is 5.49. The summed E-state index contributed by atoms with van der Waals surface area (Å²) >= 11 is 2.01. The molecule has 1 aromatic heterocycles. The molecule has 3 nitrogen and oxygen atoms in total. The molecule has 1 N–H and O–H groups in total. The van der Waals surface area contributed by atoms with Crippen molar-refractivity contribution in [3.05, 3.63) is 30.1 Å². The molecule has 110 valence electrons. The first-order valence-corrected chi connectivity index (χ1v) is 8.54. The Balaban J connectivity index is 2.03. The maximum atomic E-state index is 4.76. The molecular formula is C16H25N3S. The summed E-state index contributed by atoms with van der Waals surface area (Å²) in [5.74, 6) is 3.54. The predicted molar refractivity (Wildman–Crippen MR) is 89.3 cm³/mol. The lowest BCUT2D eigenvalue weighted by Crippen LogP contribution is -2.30. The number of hydrogen-bond donors (Lipinski definition) is 1. The molecule has 2 aromatic rings. The number of para-hydroxylation sites is 2. The van der Waals surface area contributed by atoms with E-state index >= 15 is 0 Å². The van der Waals surface area contributed by atoms with Gasteiger partial charge in [0.2, 0.25) is 0 Å². The molecule has 4 heteroatoms. The van der Waals surface area contributed by atoms with Crippen LogP contribution in [-0.2, 0) is 7.05 Å². The maximum absolute atomic E-state index is 4.76. The number of hydrogen-bond acceptors (Lipinski definition) is 3. The Morgan fingerprint density at radius 3 is 2.75 bits per heavy atom. The van der Waals surface area contributed by atoms with Crippen molar-refractivity contribution in [3.8, 4) is 0 Å². The summed E-state index contributed by atoms with van der Waals surface area (Å²) in [6.07, 6.45) is 1.20. The highest BCUT2D eigenvalue weighted by Gasteiger charge is 2.15. The topological polar surface area (TPSA) is 29.9 Å². The number of aromatic nitrogens is 2. The number of rotatable bonds is 7. The van der Waals surface area contributed by atoms with Crippen molar-refractivity contribution >= 4 is 22.8 Å². The summed E-state index contributed by atoms with van der Waals surface area (Å²) in [6, 6.07) is 9.10. The van der Waals surface area contributed by atoms with E-state index in [9.17, 15) is 0 Å². The van der Waals surface area contributed by atoms with Crippen molar-refractivity contribution in [2.45, 2.75) is 39.3 Å². The van der Waals surface area contributed by atoms with Crippen molar-refractivity contribution in [1.29, 1.82) is 0 Å². The second-order valence-electron chi connectivity index (χ2n) is 5.29. The molecule has 1 heterocycles. The molecule has 0 amide bonds. The number of benzene rings is 1. The molecule has 0 bridgehead atoms. The first kappa shape index (κ1) is 15.4. The Hall–Kier alpha value is -1.00. The average Bonchev–Trinajstić information content (AvgIpc) is 2.77. The Labute approximate surface area is 126 Å². The van der Waals surface area contributed by atoms with E-state index in [4.69, 9.17) is 4.98 Å². The van der Waals surface area contributed by atoms with Gasteiger partial charge < -0.3 is 9.88 Å². The molecule has 0 saturated carbocycles. The molecule has 0 saturated heterocycles. The van der Waals surface area contributed by atoms with E-state index in [-0.39, 0.29) is 6.04 Å². The van der Waals surface area contributed by atoms with Crippen molar-refractivity contribution < 1.29 is 0 Å². The summed E-state index contributed by atoms with van der Waals surface area (Å²) in [5.41, 5.74) is 2.28. The molecule has 0 aliphatic carbocycles. The number of aryl methyl sites for hydroxylation is 1. The van der Waals surface area contributed by atoms with Crippen LogP contribution in [0.3, 0.4) is 0 Å². The van der Waals surface area contributed by atoms with Gasteiger partial charge in [-0.15, -0.1) is 0 Å². The molecule has 2 atom stereocenters. The number of imidazole rings is 1. The zero-order chi connectivity index (χ0) is 14.5. The summed E-state index contributed by atoms with van der Waals surface area (Å²) in [5, 5.41) is 3.66. The molecule has 2 rings (SSSR count). The van der Waals surface area contributed by atoms with E-state index in [1.54, 1.807) is 0 Å². The summed E-state index contributed by atoms with van der Waals surface area (Å²) in [6.45, 7) is 6.67. The van der Waals surface area contributed by atoms with E-state index in [1.807, 2.05) is 17.8 Å². The number of thioether (sulfide) groups is 1. The molecule has 2 unspecified atom stereocenters. The zero-order valence-corrected chi connectivity index (χ0v) is 13.7. The smallest absolute Gasteiger partial charge is 0.126 e. The quantitative estimate of drug-likeness (QED) is 0.788. The SMILES string of the molecule is CCSCCC(C)NC(C)c1nc2ccccc2n1C. The van der Waals surface area contributed by atoms with E-state index in [1.165, 1.54) is 23.4 Å². The van der Waals surface area contributed by atoms with E-state index in [0.717, 1.165) is 11.3 Å². The van der Waals surface area contributed by atoms with Crippen LogP contribution in [0.5, 0.6) is 0 Å². The fourth-order valence-corrected chi connectivity index (χ4v) is 3.35. The lowest BCUT2D eigenvalue weighted by molar-refractivity contribution is 0.450. The second kappa shape index (κ2) is 7.14. The summed E-state index contributed by atoms with van der Waals surface area (Å²) in [7, 11) is 2.10. The molecule has 0 aliphatic heterocycles. The molecule has 1 aromatic carbocycles. The van der Waals surface area contributed by atoms with Crippen LogP contribution in [0.2, 0.25) is 0 Å². The van der Waals surface area contributed by atoms with Gasteiger partial charge in [0.1, 0.15) is 5.82 Å². The Morgan fingerprint density at radius 2 is 2.05 bits per heavy atom. The number of fused-ring (bicyclic) bond motifs is 1. The Bertz CT molecular complexity index is 550. The lowest BCUT2D eigenvalue weighted by Gasteiger charge is -2.19. The van der Waals surface area contributed by atoms with Crippen LogP contribution in [0.25, 0.3) is 11.0 Å². The van der Waals surface area contributed by atoms with Crippen LogP contribution in [0.1, 0.15) is 39.1 Å². The molecule has 0 fully saturated rings. The van der Waals surface area contributed by atoms with Crippen LogP contribution in [0, 0.1) is 0 Å². The molecule has 0 aliphatic rings. The van der Waals surface area contributed by atoms with Gasteiger partial charge in [0, 0.05) is 13.1 Å². The molecule has 0 radical (unpaired) electrons. The summed E-state index contributed by atoms with van der Waals surface area (Å²) in [4.78, 5) is 4.76. The maximum Gasteiger partial charge on any atom is 0.126 e. The highest BCUT2D eigenvalue weighted by Crippen LogP contribution is 2.19. The van der Waals surface area contributed by atoms with Gasteiger partial charge in [-0.2, -0.15) is 11.8 Å². The van der Waals surface area contributed by atoms with Crippen molar-refractivity contribution in [1.82, 2.24) is 14.9 Å². The third-order valence-electron chi connectivity index (χ3n) is 3.64. The van der Waals surface area contributed by atoms with Gasteiger partial charge in [-0.3, -0.25) is 0 Å². The van der Waals surface area contributed by atoms with Gasteiger partial charge in [0.25, 0.3) is 0 Å². The minimum atomic E-state index is 0.272. The van der Waals surface area contributed by atoms with Crippen LogP contribution >= 0.6 is 11.8 Å². The number of nitrogens with zero attached hydrogens (tertiary/aromatic N) is 2. The van der Waals surface area contributed by atoms with Gasteiger partial charge in [0.05, 0.1) is 17.1 Å². The predicted octanol–water partition coefficient (Wildman–Crippen LogP) is 3.76. The highest BCUT2D eigenvalue weighted by molar-refractivity contribution is 7.99. The van der Waals surface area contributed by atoms with Crippen molar-refractivity contribution in [2.75, 3.05) is 11.5 Å². The van der Waals surface area contributed by atoms with E-state index in [0.29, 0.717) is 6.04 Å². The fraction of sp³-hybridized carbons (Fsp3) is 0.562. The zero-order valence-electron chi connectivity index (χ0n) is 12.9. The van der Waals surface area contributed by atoms with Crippen LogP contribution in [-0.4, -0.2) is 27.1 Å². The van der Waals surface area contributed by atoms with Gasteiger partial charge in [0.15, 0.2) is 0 Å². The highest BCUT2D eigenvalue weighted by atomic mass is 32.2. The minimum Gasteiger partial charge on any atom is -0.330 e. The first-order valence-electron chi connectivity index (χ1n) is 7.38. The molecular weight excluding hydrogens is 266 g/mol. The second-order valence-corrected chi connectivity index (χ2v) is 6.69. The van der Waals surface area contributed by atoms with Crippen LogP contribution in [0.15, 0.2) is 24.3 Å². The fourth-order valence-electron chi connectivity index (χ4n) is 2.54. The number of nitrogens with one attached hydrogen (secondary N) is 1. The third-order valence-corrected chi connectivity index (χ3v) is 4.58. The normalized spacial score (nSPS) is 14.6. The van der Waals surface area contributed by atoms with Gasteiger partial charge in [-0.1, -0.05) is 19.1 Å². The van der Waals surface area contributed by atoms with Crippen molar-refractivity contribution in [3.63, 3.8) is 0 Å². The monoisotopic (exact) mass is 291 g/mol. The van der Waals surface area contributed by atoms with Crippen LogP contribution in [0.4, 0.5) is 0 Å². The molecule has 0 spiro atoms. The van der Waals surface area contributed by atoms with Crippen molar-refractivity contribution in [2.24, 2.45) is 7.05 Å². The largest absolute Gasteiger partial charge is 0.330 e.